The van der Waals surface area contributed by atoms with Gasteiger partial charge in [0.1, 0.15) is 12.5 Å². The molecular weight excluding hydrogens is 457 g/mol. The van der Waals surface area contributed by atoms with Crippen molar-refractivity contribution in [3.05, 3.63) is 56.2 Å². The molecule has 0 aliphatic rings. The molecular formula is C21H25Cl2N3O4Si. The first-order valence-electron chi connectivity index (χ1n) is 9.97. The number of halogens is 2. The zero-order chi connectivity index (χ0) is 22.8. The molecule has 1 aromatic heterocycles. The molecule has 0 unspecified atom stereocenters. The summed E-state index contributed by atoms with van der Waals surface area (Å²) in [5.41, 5.74) is 1.68. The average Bonchev–Trinajstić information content (AvgIpc) is 3.04. The highest BCUT2D eigenvalue weighted by Gasteiger charge is 2.18. The van der Waals surface area contributed by atoms with Crippen LogP contribution in [0.4, 0.5) is 5.69 Å². The Kier molecular flexibility index (Phi) is 7.26. The van der Waals surface area contributed by atoms with E-state index in [1.54, 1.807) is 6.07 Å². The summed E-state index contributed by atoms with van der Waals surface area (Å²) in [6, 6.07) is 9.10. The number of ether oxygens (including phenoxy) is 2. The Morgan fingerprint density at radius 3 is 2.42 bits per heavy atom. The molecule has 0 radical (unpaired) electrons. The summed E-state index contributed by atoms with van der Waals surface area (Å²) in [6.45, 7) is 10.1. The fourth-order valence-electron chi connectivity index (χ4n) is 3.04. The summed E-state index contributed by atoms with van der Waals surface area (Å²) in [4.78, 5) is 10.4. The van der Waals surface area contributed by atoms with Gasteiger partial charge in [-0.2, -0.15) is 5.10 Å². The molecule has 31 heavy (non-hydrogen) atoms. The van der Waals surface area contributed by atoms with Gasteiger partial charge >= 0.3 is 0 Å². The maximum absolute atomic E-state index is 11.0. The number of rotatable bonds is 9. The van der Waals surface area contributed by atoms with Crippen molar-refractivity contribution in [3.8, 4) is 11.5 Å². The first kappa shape index (κ1) is 23.5. The molecule has 0 amide bonds. The van der Waals surface area contributed by atoms with Crippen LogP contribution in [0.25, 0.3) is 10.9 Å². The number of fused-ring (bicyclic) bond motifs is 1. The molecule has 7 nitrogen and oxygen atoms in total. The molecule has 0 saturated carbocycles. The number of nitrogens with zero attached hydrogens (tertiary/aromatic N) is 3. The summed E-state index contributed by atoms with van der Waals surface area (Å²) >= 11 is 12.3. The van der Waals surface area contributed by atoms with Gasteiger partial charge in [-0.25, -0.2) is 4.68 Å². The van der Waals surface area contributed by atoms with Gasteiger partial charge < -0.3 is 9.47 Å². The molecule has 0 saturated heterocycles. The van der Waals surface area contributed by atoms with Crippen LogP contribution in [0.15, 0.2) is 30.3 Å². The van der Waals surface area contributed by atoms with Crippen molar-refractivity contribution in [2.75, 3.05) is 6.61 Å². The van der Waals surface area contributed by atoms with Crippen molar-refractivity contribution in [2.24, 2.45) is 0 Å². The minimum absolute atomic E-state index is 0.0708. The van der Waals surface area contributed by atoms with Gasteiger partial charge in [0.2, 0.25) is 0 Å². The van der Waals surface area contributed by atoms with Crippen LogP contribution in [-0.2, 0) is 17.9 Å². The minimum atomic E-state index is -1.14. The van der Waals surface area contributed by atoms with Gasteiger partial charge in [0, 0.05) is 32.2 Å². The molecule has 0 atom stereocenters. The number of non-ortho nitro benzene ring substituents is 1. The second-order valence-corrected chi connectivity index (χ2v) is 14.9. The van der Waals surface area contributed by atoms with Gasteiger partial charge in [-0.05, 0) is 30.7 Å². The maximum Gasteiger partial charge on any atom is 0.272 e. The topological polar surface area (TPSA) is 79.4 Å². The highest BCUT2D eigenvalue weighted by atomic mass is 35.5. The Morgan fingerprint density at radius 2 is 1.84 bits per heavy atom. The van der Waals surface area contributed by atoms with Crippen LogP contribution in [0.3, 0.4) is 0 Å². The first-order valence-corrected chi connectivity index (χ1v) is 14.4. The predicted molar refractivity (Wildman–Crippen MR) is 126 cm³/mol. The predicted octanol–water partition coefficient (Wildman–Crippen LogP) is 6.92. The molecule has 166 valence electrons. The summed E-state index contributed by atoms with van der Waals surface area (Å²) < 4.78 is 13.6. The molecule has 0 bridgehead atoms. The van der Waals surface area contributed by atoms with E-state index in [9.17, 15) is 10.1 Å². The van der Waals surface area contributed by atoms with E-state index < -0.39 is 13.0 Å². The van der Waals surface area contributed by atoms with Crippen molar-refractivity contribution in [3.63, 3.8) is 0 Å². The van der Waals surface area contributed by atoms with Crippen LogP contribution >= 0.6 is 23.2 Å². The molecule has 1 heterocycles. The normalized spacial score (nSPS) is 11.8. The smallest absolute Gasteiger partial charge is 0.272 e. The zero-order valence-electron chi connectivity index (χ0n) is 17.9. The van der Waals surface area contributed by atoms with Crippen LogP contribution < -0.4 is 4.74 Å². The highest BCUT2D eigenvalue weighted by molar-refractivity contribution is 6.76. The Morgan fingerprint density at radius 1 is 1.16 bits per heavy atom. The van der Waals surface area contributed by atoms with E-state index in [1.807, 2.05) is 23.7 Å². The maximum atomic E-state index is 11.0. The van der Waals surface area contributed by atoms with E-state index in [1.165, 1.54) is 12.1 Å². The number of aryl methyl sites for hydroxylation is 1. The van der Waals surface area contributed by atoms with Crippen molar-refractivity contribution in [1.82, 2.24) is 9.78 Å². The molecule has 2 aromatic carbocycles. The van der Waals surface area contributed by atoms with Crippen LogP contribution in [0.1, 0.15) is 12.6 Å². The van der Waals surface area contributed by atoms with Gasteiger partial charge in [0.05, 0.1) is 26.2 Å². The van der Waals surface area contributed by atoms with E-state index in [0.717, 1.165) is 35.7 Å². The molecule has 0 N–H and O–H groups in total. The van der Waals surface area contributed by atoms with E-state index in [-0.39, 0.29) is 21.5 Å². The largest absolute Gasteiger partial charge is 0.454 e. The Hall–Kier alpha value is -2.13. The van der Waals surface area contributed by atoms with Gasteiger partial charge in [0.15, 0.2) is 5.75 Å². The molecule has 10 heteroatoms. The van der Waals surface area contributed by atoms with E-state index in [0.29, 0.717) is 12.5 Å². The van der Waals surface area contributed by atoms with Crippen molar-refractivity contribution in [1.29, 1.82) is 0 Å². The Balaban J connectivity index is 1.84. The lowest BCUT2D eigenvalue weighted by Gasteiger charge is -2.15. The van der Waals surface area contributed by atoms with E-state index in [4.69, 9.17) is 32.7 Å². The lowest BCUT2D eigenvalue weighted by Crippen LogP contribution is -2.22. The van der Waals surface area contributed by atoms with Crippen LogP contribution in [0.2, 0.25) is 35.7 Å². The standard InChI is InChI=1S/C21H25Cl2N3O4Si/c1-5-19-16-12-15(30-21-17(22)10-14(26(27)28)11-18(21)23)6-7-20(16)25(24-19)13-29-8-9-31(2,3)4/h6-7,10-12H,5,8-9,13H2,1-4H3. The zero-order valence-corrected chi connectivity index (χ0v) is 20.5. The molecule has 0 aliphatic heterocycles. The van der Waals surface area contributed by atoms with Gasteiger partial charge in [-0.3, -0.25) is 10.1 Å². The molecule has 3 rings (SSSR count). The lowest BCUT2D eigenvalue weighted by molar-refractivity contribution is -0.384. The molecule has 0 aliphatic carbocycles. The second kappa shape index (κ2) is 9.56. The van der Waals surface area contributed by atoms with Crippen molar-refractivity contribution in [2.45, 2.75) is 45.8 Å². The quantitative estimate of drug-likeness (QED) is 0.143. The third kappa shape index (κ3) is 5.77. The molecule has 0 spiro atoms. The van der Waals surface area contributed by atoms with Crippen LogP contribution in [-0.4, -0.2) is 29.4 Å². The lowest BCUT2D eigenvalue weighted by atomic mass is 10.1. The fourth-order valence-corrected chi connectivity index (χ4v) is 4.35. The van der Waals surface area contributed by atoms with Gasteiger partial charge in [-0.15, -0.1) is 0 Å². The van der Waals surface area contributed by atoms with Crippen molar-refractivity contribution >= 4 is 47.9 Å². The fraction of sp³-hybridized carbons (Fsp3) is 0.381. The monoisotopic (exact) mass is 481 g/mol. The number of hydrogen-bond donors (Lipinski definition) is 0. The minimum Gasteiger partial charge on any atom is -0.454 e. The third-order valence-electron chi connectivity index (χ3n) is 4.76. The third-order valence-corrected chi connectivity index (χ3v) is 7.02. The van der Waals surface area contributed by atoms with Crippen molar-refractivity contribution < 1.29 is 14.4 Å². The number of aromatic nitrogens is 2. The number of benzene rings is 2. The summed E-state index contributed by atoms with van der Waals surface area (Å²) in [6.07, 6.45) is 0.751. The Labute approximate surface area is 192 Å². The molecule has 3 aromatic rings. The molecule has 0 fully saturated rings. The summed E-state index contributed by atoms with van der Waals surface area (Å²) in [7, 11) is -1.14. The number of hydrogen-bond acceptors (Lipinski definition) is 5. The number of nitro groups is 1. The Bertz CT molecular complexity index is 1090. The average molecular weight is 482 g/mol. The SMILES string of the molecule is CCc1nn(COCC[Si](C)(C)C)c2ccc(Oc3c(Cl)cc([N+](=O)[O-])cc3Cl)cc12. The van der Waals surface area contributed by atoms with Gasteiger partial charge in [-0.1, -0.05) is 49.8 Å². The van der Waals surface area contributed by atoms with Crippen LogP contribution in [0, 0.1) is 10.1 Å². The number of nitro benzene ring substituents is 1. The first-order chi connectivity index (χ1) is 14.6. The highest BCUT2D eigenvalue weighted by Crippen LogP contribution is 2.40. The summed E-state index contributed by atoms with van der Waals surface area (Å²) in [5, 5.41) is 16.7. The van der Waals surface area contributed by atoms with Gasteiger partial charge in [0.25, 0.3) is 5.69 Å². The second-order valence-electron chi connectivity index (χ2n) is 8.42. The summed E-state index contributed by atoms with van der Waals surface area (Å²) in [5.74, 6) is 0.687. The van der Waals surface area contributed by atoms with E-state index >= 15 is 0 Å². The van der Waals surface area contributed by atoms with Crippen LogP contribution in [0.5, 0.6) is 11.5 Å². The van der Waals surface area contributed by atoms with E-state index in [2.05, 4.69) is 24.7 Å².